The summed E-state index contributed by atoms with van der Waals surface area (Å²) in [5.41, 5.74) is 0.739. The van der Waals surface area contributed by atoms with Crippen molar-refractivity contribution in [2.75, 3.05) is 26.2 Å². The number of nitrogens with zero attached hydrogens (tertiary/aromatic N) is 1. The van der Waals surface area contributed by atoms with Gasteiger partial charge in [-0.3, -0.25) is 4.79 Å². The van der Waals surface area contributed by atoms with Crippen LogP contribution in [0.2, 0.25) is 5.02 Å². The Morgan fingerprint density at radius 2 is 2.16 bits per heavy atom. The molecule has 0 radical (unpaired) electrons. The van der Waals surface area contributed by atoms with E-state index in [2.05, 4.69) is 11.8 Å². The van der Waals surface area contributed by atoms with Crippen LogP contribution >= 0.6 is 11.6 Å². The van der Waals surface area contributed by atoms with Crippen LogP contribution < -0.4 is 0 Å². The number of carbonyl (C=O) groups is 1. The third kappa shape index (κ3) is 4.60. The van der Waals surface area contributed by atoms with E-state index in [-0.39, 0.29) is 11.9 Å². The zero-order valence-corrected chi connectivity index (χ0v) is 12.0. The Balaban J connectivity index is 1.84. The Morgan fingerprint density at radius 3 is 2.89 bits per heavy atom. The number of hydrogen-bond acceptors (Lipinski definition) is 3. The largest absolute Gasteiger partial charge is 0.377 e. The Morgan fingerprint density at radius 1 is 1.42 bits per heavy atom. The van der Waals surface area contributed by atoms with Gasteiger partial charge in [-0.15, -0.1) is 0 Å². The molecule has 3 nitrogen and oxygen atoms in total. The smallest absolute Gasteiger partial charge is 0.164 e. The summed E-state index contributed by atoms with van der Waals surface area (Å²) in [7, 11) is 0. The molecule has 1 fully saturated rings. The maximum atomic E-state index is 12.1. The van der Waals surface area contributed by atoms with Gasteiger partial charge in [0.15, 0.2) is 5.78 Å². The van der Waals surface area contributed by atoms with E-state index in [1.165, 1.54) is 0 Å². The first-order valence-electron chi connectivity index (χ1n) is 6.78. The summed E-state index contributed by atoms with van der Waals surface area (Å²) < 4.78 is 5.60. The first-order chi connectivity index (χ1) is 9.15. The first-order valence-corrected chi connectivity index (χ1v) is 7.15. The lowest BCUT2D eigenvalue weighted by Crippen LogP contribution is -2.32. The Hall–Kier alpha value is -0.900. The minimum Gasteiger partial charge on any atom is -0.377 e. The van der Waals surface area contributed by atoms with Crippen molar-refractivity contribution in [1.29, 1.82) is 0 Å². The van der Waals surface area contributed by atoms with Crippen LogP contribution in [0.3, 0.4) is 0 Å². The normalized spacial score (nSPS) is 21.1. The van der Waals surface area contributed by atoms with E-state index in [1.807, 2.05) is 0 Å². The molecule has 0 saturated carbocycles. The molecule has 0 amide bonds. The number of halogens is 1. The van der Waals surface area contributed by atoms with E-state index in [0.29, 0.717) is 11.4 Å². The molecule has 2 rings (SSSR count). The Labute approximate surface area is 119 Å². The topological polar surface area (TPSA) is 29.5 Å². The molecule has 0 N–H and O–H groups in total. The van der Waals surface area contributed by atoms with Gasteiger partial charge in [-0.25, -0.2) is 0 Å². The van der Waals surface area contributed by atoms with Crippen LogP contribution in [0.15, 0.2) is 24.3 Å². The van der Waals surface area contributed by atoms with Crippen molar-refractivity contribution in [3.63, 3.8) is 0 Å². The number of benzene rings is 1. The van der Waals surface area contributed by atoms with Crippen molar-refractivity contribution < 1.29 is 9.53 Å². The van der Waals surface area contributed by atoms with E-state index < -0.39 is 0 Å². The predicted octanol–water partition coefficient (Wildman–Crippen LogP) is 3.02. The van der Waals surface area contributed by atoms with Crippen LogP contribution in [0.1, 0.15) is 30.1 Å². The second kappa shape index (κ2) is 7.04. The minimum absolute atomic E-state index is 0.175. The molecule has 0 aromatic heterocycles. The van der Waals surface area contributed by atoms with Crippen LogP contribution in [0.25, 0.3) is 0 Å². The lowest BCUT2D eigenvalue weighted by Gasteiger charge is -2.21. The van der Waals surface area contributed by atoms with E-state index in [4.69, 9.17) is 16.3 Å². The fraction of sp³-hybridized carbons (Fsp3) is 0.533. The van der Waals surface area contributed by atoms with Crippen LogP contribution in [0, 0.1) is 0 Å². The average molecular weight is 282 g/mol. The molecule has 0 spiro atoms. The summed E-state index contributed by atoms with van der Waals surface area (Å²) in [5.74, 6) is 0.175. The molecule has 4 heteroatoms. The first kappa shape index (κ1) is 14.5. The monoisotopic (exact) mass is 281 g/mol. The van der Waals surface area contributed by atoms with E-state index in [9.17, 15) is 4.79 Å². The maximum absolute atomic E-state index is 12.1. The Bertz CT molecular complexity index is 419. The van der Waals surface area contributed by atoms with Gasteiger partial charge in [-0.1, -0.05) is 11.6 Å². The van der Waals surface area contributed by atoms with E-state index in [0.717, 1.165) is 38.2 Å². The van der Waals surface area contributed by atoms with Gasteiger partial charge >= 0.3 is 0 Å². The van der Waals surface area contributed by atoms with Gasteiger partial charge in [0.1, 0.15) is 0 Å². The number of rotatable bonds is 4. The number of Topliss-reactive ketones (excluding diaryl/α,β-unsaturated/α-hetero) is 1. The highest BCUT2D eigenvalue weighted by molar-refractivity contribution is 6.30. The molecule has 104 valence electrons. The molecule has 1 heterocycles. The van der Waals surface area contributed by atoms with Crippen LogP contribution in [-0.4, -0.2) is 43.0 Å². The molecule has 1 unspecified atom stereocenters. The average Bonchev–Trinajstić information content (AvgIpc) is 2.61. The summed E-state index contributed by atoms with van der Waals surface area (Å²) in [6.45, 7) is 5.63. The molecule has 1 aliphatic heterocycles. The lowest BCUT2D eigenvalue weighted by atomic mass is 10.1. The van der Waals surface area contributed by atoms with E-state index in [1.54, 1.807) is 24.3 Å². The third-order valence-corrected chi connectivity index (χ3v) is 3.61. The van der Waals surface area contributed by atoms with Crippen LogP contribution in [0.5, 0.6) is 0 Å². The highest BCUT2D eigenvalue weighted by Crippen LogP contribution is 2.12. The van der Waals surface area contributed by atoms with Crippen molar-refractivity contribution in [3.05, 3.63) is 34.9 Å². The number of carbonyl (C=O) groups excluding carboxylic acids is 1. The number of ether oxygens (including phenoxy) is 1. The molecule has 1 aromatic rings. The zero-order chi connectivity index (χ0) is 13.7. The van der Waals surface area contributed by atoms with Gasteiger partial charge in [0, 0.05) is 43.2 Å². The van der Waals surface area contributed by atoms with Crippen molar-refractivity contribution in [3.8, 4) is 0 Å². The van der Waals surface area contributed by atoms with Crippen molar-refractivity contribution in [2.45, 2.75) is 25.9 Å². The predicted molar refractivity (Wildman–Crippen MR) is 76.9 cm³/mol. The lowest BCUT2D eigenvalue weighted by molar-refractivity contribution is 0.0668. The maximum Gasteiger partial charge on any atom is 0.164 e. The summed E-state index contributed by atoms with van der Waals surface area (Å²) in [4.78, 5) is 14.4. The second-order valence-electron chi connectivity index (χ2n) is 5.02. The molecule has 1 aliphatic rings. The van der Waals surface area contributed by atoms with E-state index >= 15 is 0 Å². The van der Waals surface area contributed by atoms with Gasteiger partial charge in [0.2, 0.25) is 0 Å². The molecule has 1 saturated heterocycles. The quantitative estimate of drug-likeness (QED) is 0.795. The molecular weight excluding hydrogens is 262 g/mol. The molecular formula is C15H20ClNO2. The highest BCUT2D eigenvalue weighted by atomic mass is 35.5. The molecule has 0 bridgehead atoms. The van der Waals surface area contributed by atoms with Crippen molar-refractivity contribution in [1.82, 2.24) is 4.90 Å². The molecule has 1 aromatic carbocycles. The second-order valence-corrected chi connectivity index (χ2v) is 5.45. The minimum atomic E-state index is 0.175. The Kier molecular flexibility index (Phi) is 5.37. The van der Waals surface area contributed by atoms with Gasteiger partial charge in [0.25, 0.3) is 0 Å². The standard InChI is InChI=1S/C15H20ClNO2/c1-12-11-17(8-2-10-19-12)9-7-15(18)13-3-5-14(16)6-4-13/h3-6,12H,2,7-11H2,1H3. The van der Waals surface area contributed by atoms with Crippen LogP contribution in [-0.2, 0) is 4.74 Å². The SMILES string of the molecule is CC1CN(CCC(=O)c2ccc(Cl)cc2)CCCO1. The number of hydrogen-bond donors (Lipinski definition) is 0. The van der Waals surface area contributed by atoms with Crippen molar-refractivity contribution >= 4 is 17.4 Å². The molecule has 1 atom stereocenters. The van der Waals surface area contributed by atoms with Gasteiger partial charge < -0.3 is 9.64 Å². The summed E-state index contributed by atoms with van der Waals surface area (Å²) >= 11 is 5.82. The molecule has 19 heavy (non-hydrogen) atoms. The zero-order valence-electron chi connectivity index (χ0n) is 11.3. The number of ketones is 1. The fourth-order valence-corrected chi connectivity index (χ4v) is 2.45. The van der Waals surface area contributed by atoms with Gasteiger partial charge in [-0.2, -0.15) is 0 Å². The summed E-state index contributed by atoms with van der Waals surface area (Å²) in [6, 6.07) is 7.10. The molecule has 0 aliphatic carbocycles. The van der Waals surface area contributed by atoms with Gasteiger partial charge in [-0.05, 0) is 37.6 Å². The van der Waals surface area contributed by atoms with Gasteiger partial charge in [0.05, 0.1) is 6.10 Å². The summed E-state index contributed by atoms with van der Waals surface area (Å²) in [6.07, 6.45) is 1.85. The summed E-state index contributed by atoms with van der Waals surface area (Å²) in [5, 5.41) is 0.662. The highest BCUT2D eigenvalue weighted by Gasteiger charge is 2.16. The third-order valence-electron chi connectivity index (χ3n) is 3.36. The fourth-order valence-electron chi connectivity index (χ4n) is 2.32. The van der Waals surface area contributed by atoms with Crippen LogP contribution in [0.4, 0.5) is 0 Å². The van der Waals surface area contributed by atoms with Crippen molar-refractivity contribution in [2.24, 2.45) is 0 Å².